The molecule has 1 aromatic heterocycles. The van der Waals surface area contributed by atoms with Gasteiger partial charge in [-0.15, -0.1) is 0 Å². The van der Waals surface area contributed by atoms with Crippen molar-refractivity contribution in [3.05, 3.63) is 41.8 Å². The maximum absolute atomic E-state index is 13.1. The first-order valence-corrected chi connectivity index (χ1v) is 7.85. The van der Waals surface area contributed by atoms with Gasteiger partial charge in [0.2, 0.25) is 5.91 Å². The van der Waals surface area contributed by atoms with Crippen molar-refractivity contribution in [3.8, 4) is 5.69 Å². The van der Waals surface area contributed by atoms with Crippen LogP contribution in [0.4, 0.5) is 10.2 Å². The van der Waals surface area contributed by atoms with E-state index in [-0.39, 0.29) is 30.8 Å². The van der Waals surface area contributed by atoms with Crippen LogP contribution in [0.3, 0.4) is 0 Å². The summed E-state index contributed by atoms with van der Waals surface area (Å²) in [6, 6.07) is 7.51. The number of aromatic nitrogens is 2. The Kier molecular flexibility index (Phi) is 6.24. The van der Waals surface area contributed by atoms with E-state index in [9.17, 15) is 14.0 Å². The van der Waals surface area contributed by atoms with Gasteiger partial charge in [-0.2, -0.15) is 5.10 Å². The highest BCUT2D eigenvalue weighted by atomic mass is 19.1. The van der Waals surface area contributed by atoms with E-state index in [1.807, 2.05) is 0 Å². The quantitative estimate of drug-likeness (QED) is 0.772. The minimum Gasteiger partial charge on any atom is -0.465 e. The highest BCUT2D eigenvalue weighted by Crippen LogP contribution is 2.17. The molecular formula is C17H21FN4O3. The summed E-state index contributed by atoms with van der Waals surface area (Å²) in [4.78, 5) is 25.2. The van der Waals surface area contributed by atoms with Gasteiger partial charge in [0.25, 0.3) is 0 Å². The molecule has 8 heteroatoms. The van der Waals surface area contributed by atoms with Crippen LogP contribution in [0.5, 0.6) is 0 Å². The lowest BCUT2D eigenvalue weighted by Gasteiger charge is -2.15. The molecular weight excluding hydrogens is 327 g/mol. The van der Waals surface area contributed by atoms with Gasteiger partial charge < -0.3 is 10.1 Å². The Balaban J connectivity index is 2.04. The number of anilines is 1. The van der Waals surface area contributed by atoms with Crippen molar-refractivity contribution in [2.24, 2.45) is 0 Å². The third kappa shape index (κ3) is 5.39. The zero-order chi connectivity index (χ0) is 18.4. The summed E-state index contributed by atoms with van der Waals surface area (Å²) < 4.78 is 19.4. The van der Waals surface area contributed by atoms with Crippen LogP contribution in [0.25, 0.3) is 5.69 Å². The molecule has 0 spiro atoms. The minimum absolute atomic E-state index is 0.0203. The van der Waals surface area contributed by atoms with E-state index in [0.717, 1.165) is 0 Å². The van der Waals surface area contributed by atoms with Crippen LogP contribution in [0.2, 0.25) is 0 Å². The summed E-state index contributed by atoms with van der Waals surface area (Å²) in [5, 5.41) is 7.06. The highest BCUT2D eigenvalue weighted by Gasteiger charge is 2.14. The molecule has 0 aliphatic heterocycles. The van der Waals surface area contributed by atoms with E-state index in [0.29, 0.717) is 23.8 Å². The zero-order valence-electron chi connectivity index (χ0n) is 14.5. The molecule has 2 rings (SSSR count). The van der Waals surface area contributed by atoms with Gasteiger partial charge in [0.15, 0.2) is 0 Å². The van der Waals surface area contributed by atoms with Crippen LogP contribution >= 0.6 is 0 Å². The zero-order valence-corrected chi connectivity index (χ0v) is 14.5. The Morgan fingerprint density at radius 1 is 1.28 bits per heavy atom. The van der Waals surface area contributed by atoms with Gasteiger partial charge in [-0.25, -0.2) is 9.07 Å². The molecule has 0 unspecified atom stereocenters. The highest BCUT2D eigenvalue weighted by molar-refractivity contribution is 5.92. The van der Waals surface area contributed by atoms with Crippen molar-refractivity contribution >= 4 is 17.7 Å². The Bertz CT molecular complexity index is 743. The summed E-state index contributed by atoms with van der Waals surface area (Å²) in [5.74, 6) is -0.558. The maximum Gasteiger partial charge on any atom is 0.320 e. The molecule has 7 nitrogen and oxygen atoms in total. The molecule has 0 saturated carbocycles. The number of carbonyl (C=O) groups is 2. The van der Waals surface area contributed by atoms with Gasteiger partial charge in [-0.1, -0.05) is 0 Å². The molecule has 0 aliphatic carbocycles. The van der Waals surface area contributed by atoms with Crippen LogP contribution in [0.1, 0.15) is 12.6 Å². The average Bonchev–Trinajstić information content (AvgIpc) is 2.88. The molecule has 0 atom stereocenters. The standard InChI is InChI=1S/C17H21FN4O3/c1-4-25-17(24)11-21(3)10-16(23)19-15-9-12(2)20-22(15)14-7-5-13(18)6-8-14/h5-9H,4,10-11H2,1-3H3,(H,19,23). The second-order valence-electron chi connectivity index (χ2n) is 5.58. The molecule has 0 bridgehead atoms. The lowest BCUT2D eigenvalue weighted by atomic mass is 10.3. The third-order valence-corrected chi connectivity index (χ3v) is 3.29. The van der Waals surface area contributed by atoms with E-state index < -0.39 is 0 Å². The van der Waals surface area contributed by atoms with Crippen molar-refractivity contribution < 1.29 is 18.7 Å². The van der Waals surface area contributed by atoms with Crippen LogP contribution in [-0.4, -0.2) is 53.3 Å². The summed E-state index contributed by atoms with van der Waals surface area (Å²) in [6.45, 7) is 3.87. The smallest absolute Gasteiger partial charge is 0.320 e. The summed E-state index contributed by atoms with van der Waals surface area (Å²) in [6.07, 6.45) is 0. The molecule has 134 valence electrons. The summed E-state index contributed by atoms with van der Waals surface area (Å²) in [7, 11) is 1.65. The first kappa shape index (κ1) is 18.6. The van der Waals surface area contributed by atoms with Crippen molar-refractivity contribution in [1.29, 1.82) is 0 Å². The predicted molar refractivity (Wildman–Crippen MR) is 91.0 cm³/mol. The van der Waals surface area contributed by atoms with Gasteiger partial charge in [0.05, 0.1) is 31.1 Å². The first-order chi connectivity index (χ1) is 11.9. The number of amides is 1. The number of carbonyl (C=O) groups excluding carboxylic acids is 2. The molecule has 1 aromatic carbocycles. The largest absolute Gasteiger partial charge is 0.465 e. The number of hydrogen-bond donors (Lipinski definition) is 1. The number of nitrogens with zero attached hydrogens (tertiary/aromatic N) is 3. The van der Waals surface area contributed by atoms with Gasteiger partial charge in [0, 0.05) is 6.07 Å². The SMILES string of the molecule is CCOC(=O)CN(C)CC(=O)Nc1cc(C)nn1-c1ccc(F)cc1. The molecule has 0 aliphatic rings. The fourth-order valence-electron chi connectivity index (χ4n) is 2.28. The Morgan fingerprint density at radius 2 is 1.96 bits per heavy atom. The van der Waals surface area contributed by atoms with Crippen molar-refractivity contribution in [2.45, 2.75) is 13.8 Å². The Morgan fingerprint density at radius 3 is 2.60 bits per heavy atom. The summed E-state index contributed by atoms with van der Waals surface area (Å²) in [5.41, 5.74) is 1.34. The number of halogens is 1. The van der Waals surface area contributed by atoms with E-state index in [2.05, 4.69) is 10.4 Å². The monoisotopic (exact) mass is 348 g/mol. The van der Waals surface area contributed by atoms with Crippen LogP contribution in [0.15, 0.2) is 30.3 Å². The molecule has 1 amide bonds. The van der Waals surface area contributed by atoms with Crippen molar-refractivity contribution in [2.75, 3.05) is 32.1 Å². The molecule has 0 radical (unpaired) electrons. The number of likely N-dealkylation sites (N-methyl/N-ethyl adjacent to an activating group) is 1. The van der Waals surface area contributed by atoms with E-state index >= 15 is 0 Å². The van der Waals surface area contributed by atoms with Crippen molar-refractivity contribution in [3.63, 3.8) is 0 Å². The Hall–Kier alpha value is -2.74. The molecule has 2 aromatic rings. The fraction of sp³-hybridized carbons (Fsp3) is 0.353. The van der Waals surface area contributed by atoms with Gasteiger partial charge in [0.1, 0.15) is 11.6 Å². The van der Waals surface area contributed by atoms with E-state index in [4.69, 9.17) is 4.74 Å². The van der Waals surface area contributed by atoms with Crippen molar-refractivity contribution in [1.82, 2.24) is 14.7 Å². The van der Waals surface area contributed by atoms with Crippen LogP contribution in [-0.2, 0) is 14.3 Å². The van der Waals surface area contributed by atoms with Gasteiger partial charge in [-0.3, -0.25) is 14.5 Å². The number of benzene rings is 1. The number of rotatable bonds is 7. The number of aryl methyl sites for hydroxylation is 1. The number of esters is 1. The second-order valence-corrected chi connectivity index (χ2v) is 5.58. The van der Waals surface area contributed by atoms with Gasteiger partial charge in [-0.05, 0) is 45.2 Å². The number of ether oxygens (including phenoxy) is 1. The normalized spacial score (nSPS) is 10.8. The predicted octanol–water partition coefficient (Wildman–Crippen LogP) is 1.75. The van der Waals surface area contributed by atoms with E-state index in [1.54, 1.807) is 44.0 Å². The number of nitrogens with one attached hydrogen (secondary N) is 1. The molecule has 1 heterocycles. The maximum atomic E-state index is 13.1. The lowest BCUT2D eigenvalue weighted by molar-refractivity contribution is -0.144. The molecule has 1 N–H and O–H groups in total. The van der Waals surface area contributed by atoms with Crippen LogP contribution in [0, 0.1) is 12.7 Å². The first-order valence-electron chi connectivity index (χ1n) is 7.85. The van der Waals surface area contributed by atoms with Crippen LogP contribution < -0.4 is 5.32 Å². The molecule has 25 heavy (non-hydrogen) atoms. The fourth-order valence-corrected chi connectivity index (χ4v) is 2.28. The lowest BCUT2D eigenvalue weighted by Crippen LogP contribution is -2.35. The second kappa shape index (κ2) is 8.39. The Labute approximate surface area is 145 Å². The van der Waals surface area contributed by atoms with Gasteiger partial charge >= 0.3 is 5.97 Å². The number of hydrogen-bond acceptors (Lipinski definition) is 5. The molecule has 0 saturated heterocycles. The minimum atomic E-state index is -0.384. The summed E-state index contributed by atoms with van der Waals surface area (Å²) >= 11 is 0. The average molecular weight is 348 g/mol. The molecule has 0 fully saturated rings. The third-order valence-electron chi connectivity index (χ3n) is 3.29. The topological polar surface area (TPSA) is 76.5 Å². The van der Waals surface area contributed by atoms with E-state index in [1.165, 1.54) is 16.8 Å².